The summed E-state index contributed by atoms with van der Waals surface area (Å²) in [4.78, 5) is 13.5. The number of rotatable bonds is 5. The molecule has 1 aliphatic rings. The number of carbonyl (C=O) groups is 1. The van der Waals surface area contributed by atoms with Crippen LogP contribution in [0, 0.1) is 5.92 Å². The summed E-state index contributed by atoms with van der Waals surface area (Å²) in [6, 6.07) is 4.54. The van der Waals surface area contributed by atoms with Crippen LogP contribution >= 0.6 is 11.3 Å². The number of nitrogens with one attached hydrogen (secondary N) is 1. The fourth-order valence-corrected chi connectivity index (χ4v) is 3.42. The van der Waals surface area contributed by atoms with Crippen LogP contribution < -0.4 is 11.1 Å². The largest absolute Gasteiger partial charge is 0.348 e. The molecule has 1 saturated carbocycles. The number of thiophene rings is 1. The summed E-state index contributed by atoms with van der Waals surface area (Å²) < 4.78 is 0. The quantitative estimate of drug-likeness (QED) is 0.861. The molecule has 18 heavy (non-hydrogen) atoms. The third-order valence-corrected chi connectivity index (χ3v) is 4.61. The molecule has 0 saturated heterocycles. The van der Waals surface area contributed by atoms with Crippen LogP contribution in [0.3, 0.4) is 0 Å². The average molecular weight is 266 g/mol. The molecule has 1 amide bonds. The zero-order chi connectivity index (χ0) is 13.0. The van der Waals surface area contributed by atoms with Crippen molar-refractivity contribution >= 4 is 17.2 Å². The first-order valence-corrected chi connectivity index (χ1v) is 7.68. The Labute approximate surface area is 113 Å². The second kappa shape index (κ2) is 6.34. The molecule has 3 unspecified atom stereocenters. The summed E-state index contributed by atoms with van der Waals surface area (Å²) in [6.07, 6.45) is 4.85. The van der Waals surface area contributed by atoms with Gasteiger partial charge in [0.15, 0.2) is 0 Å². The van der Waals surface area contributed by atoms with Gasteiger partial charge in [0.25, 0.3) is 0 Å². The third kappa shape index (κ3) is 3.33. The van der Waals surface area contributed by atoms with Crippen molar-refractivity contribution in [2.45, 2.75) is 51.1 Å². The predicted molar refractivity (Wildman–Crippen MR) is 75.4 cm³/mol. The van der Waals surface area contributed by atoms with Gasteiger partial charge >= 0.3 is 0 Å². The van der Waals surface area contributed by atoms with Crippen molar-refractivity contribution in [3.63, 3.8) is 0 Å². The molecule has 0 aromatic carbocycles. The van der Waals surface area contributed by atoms with E-state index in [9.17, 15) is 4.79 Å². The summed E-state index contributed by atoms with van der Waals surface area (Å²) >= 11 is 1.72. The standard InChI is InChI=1S/C14H22N2OS/c1-2-4-12(13-5-3-8-18-13)16-14(17)10-6-7-11(15)9-10/h3,5,8,10-12H,2,4,6-7,9,15H2,1H3,(H,16,17). The SMILES string of the molecule is CCCC(NC(=O)C1CCC(N)C1)c1cccs1. The molecule has 2 rings (SSSR count). The predicted octanol–water partition coefficient (Wildman–Crippen LogP) is 2.83. The molecule has 100 valence electrons. The summed E-state index contributed by atoms with van der Waals surface area (Å²) in [5, 5.41) is 5.26. The van der Waals surface area contributed by atoms with Crippen molar-refractivity contribution in [3.05, 3.63) is 22.4 Å². The van der Waals surface area contributed by atoms with Crippen LogP contribution in [0.4, 0.5) is 0 Å². The normalized spacial score (nSPS) is 25.0. The van der Waals surface area contributed by atoms with Crippen molar-refractivity contribution < 1.29 is 4.79 Å². The highest BCUT2D eigenvalue weighted by molar-refractivity contribution is 7.10. The maximum absolute atomic E-state index is 12.2. The Morgan fingerprint density at radius 3 is 3.00 bits per heavy atom. The molecule has 1 aromatic rings. The molecule has 3 N–H and O–H groups in total. The fraction of sp³-hybridized carbons (Fsp3) is 0.643. The monoisotopic (exact) mass is 266 g/mol. The van der Waals surface area contributed by atoms with E-state index in [0.717, 1.165) is 32.1 Å². The Kier molecular flexibility index (Phi) is 4.78. The summed E-state index contributed by atoms with van der Waals surface area (Å²) in [5.41, 5.74) is 5.87. The molecule has 0 radical (unpaired) electrons. The van der Waals surface area contributed by atoms with Gasteiger partial charge in [-0.2, -0.15) is 0 Å². The molecule has 0 bridgehead atoms. The van der Waals surface area contributed by atoms with Crippen LogP contribution in [-0.2, 0) is 4.79 Å². The van der Waals surface area contributed by atoms with E-state index in [2.05, 4.69) is 23.7 Å². The first kappa shape index (κ1) is 13.6. The molecular weight excluding hydrogens is 244 g/mol. The molecule has 1 fully saturated rings. The second-order valence-electron chi connectivity index (χ2n) is 5.14. The first-order chi connectivity index (χ1) is 8.70. The smallest absolute Gasteiger partial charge is 0.223 e. The van der Waals surface area contributed by atoms with Gasteiger partial charge in [0.2, 0.25) is 5.91 Å². The van der Waals surface area contributed by atoms with Crippen LogP contribution in [0.2, 0.25) is 0 Å². The minimum absolute atomic E-state index is 0.124. The maximum Gasteiger partial charge on any atom is 0.223 e. The van der Waals surface area contributed by atoms with E-state index < -0.39 is 0 Å². The van der Waals surface area contributed by atoms with Crippen molar-refractivity contribution in [1.82, 2.24) is 5.32 Å². The van der Waals surface area contributed by atoms with Gasteiger partial charge < -0.3 is 11.1 Å². The van der Waals surface area contributed by atoms with Crippen molar-refractivity contribution in [1.29, 1.82) is 0 Å². The first-order valence-electron chi connectivity index (χ1n) is 6.80. The van der Waals surface area contributed by atoms with Crippen molar-refractivity contribution in [3.8, 4) is 0 Å². The van der Waals surface area contributed by atoms with Gasteiger partial charge in [-0.05, 0) is 37.1 Å². The van der Waals surface area contributed by atoms with Gasteiger partial charge in [-0.25, -0.2) is 0 Å². The van der Waals surface area contributed by atoms with Crippen LogP contribution in [0.5, 0.6) is 0 Å². The lowest BCUT2D eigenvalue weighted by molar-refractivity contribution is -0.125. The zero-order valence-corrected chi connectivity index (χ0v) is 11.7. The molecular formula is C14H22N2OS. The second-order valence-corrected chi connectivity index (χ2v) is 6.11. The van der Waals surface area contributed by atoms with Gasteiger partial charge in [0, 0.05) is 16.8 Å². The minimum atomic E-state index is 0.124. The molecule has 1 aliphatic carbocycles. The van der Waals surface area contributed by atoms with Crippen LogP contribution in [0.1, 0.15) is 49.9 Å². The zero-order valence-electron chi connectivity index (χ0n) is 10.9. The van der Waals surface area contributed by atoms with Gasteiger partial charge in [0.05, 0.1) is 6.04 Å². The van der Waals surface area contributed by atoms with Crippen LogP contribution in [0.25, 0.3) is 0 Å². The Bertz CT molecular complexity index is 377. The lowest BCUT2D eigenvalue weighted by atomic mass is 10.0. The molecule has 0 spiro atoms. The minimum Gasteiger partial charge on any atom is -0.348 e. The van der Waals surface area contributed by atoms with Crippen molar-refractivity contribution in [2.75, 3.05) is 0 Å². The lowest BCUT2D eigenvalue weighted by Crippen LogP contribution is -2.33. The van der Waals surface area contributed by atoms with Gasteiger partial charge in [-0.3, -0.25) is 4.79 Å². The Balaban J connectivity index is 1.94. The highest BCUT2D eigenvalue weighted by Crippen LogP contribution is 2.27. The van der Waals surface area contributed by atoms with E-state index in [-0.39, 0.29) is 23.9 Å². The topological polar surface area (TPSA) is 55.1 Å². The lowest BCUT2D eigenvalue weighted by Gasteiger charge is -2.19. The molecule has 3 atom stereocenters. The molecule has 1 heterocycles. The van der Waals surface area contributed by atoms with Crippen LogP contribution in [0.15, 0.2) is 17.5 Å². The molecule has 0 aliphatic heterocycles. The van der Waals surface area contributed by atoms with E-state index in [4.69, 9.17) is 5.73 Å². The van der Waals surface area contributed by atoms with Crippen LogP contribution in [-0.4, -0.2) is 11.9 Å². The molecule has 1 aromatic heterocycles. The summed E-state index contributed by atoms with van der Waals surface area (Å²) in [6.45, 7) is 2.15. The maximum atomic E-state index is 12.2. The van der Waals surface area contributed by atoms with E-state index in [0.29, 0.717) is 0 Å². The molecule has 4 heteroatoms. The van der Waals surface area contributed by atoms with Gasteiger partial charge in [-0.1, -0.05) is 19.4 Å². The number of nitrogens with two attached hydrogens (primary N) is 1. The Morgan fingerprint density at radius 2 is 2.44 bits per heavy atom. The molecule has 3 nitrogen and oxygen atoms in total. The Hall–Kier alpha value is -0.870. The van der Waals surface area contributed by atoms with Gasteiger partial charge in [0.1, 0.15) is 0 Å². The fourth-order valence-electron chi connectivity index (χ4n) is 2.61. The number of carbonyl (C=O) groups excluding carboxylic acids is 1. The van der Waals surface area contributed by atoms with Crippen molar-refractivity contribution in [2.24, 2.45) is 11.7 Å². The van der Waals surface area contributed by atoms with E-state index in [1.54, 1.807) is 11.3 Å². The third-order valence-electron chi connectivity index (χ3n) is 3.62. The van der Waals surface area contributed by atoms with E-state index in [1.807, 2.05) is 6.07 Å². The Morgan fingerprint density at radius 1 is 1.61 bits per heavy atom. The highest BCUT2D eigenvalue weighted by atomic mass is 32.1. The average Bonchev–Trinajstić information content (AvgIpc) is 2.98. The number of hydrogen-bond acceptors (Lipinski definition) is 3. The van der Waals surface area contributed by atoms with Gasteiger partial charge in [-0.15, -0.1) is 11.3 Å². The highest BCUT2D eigenvalue weighted by Gasteiger charge is 2.29. The van der Waals surface area contributed by atoms with E-state index >= 15 is 0 Å². The number of hydrogen-bond donors (Lipinski definition) is 2. The number of amides is 1. The summed E-state index contributed by atoms with van der Waals surface area (Å²) in [7, 11) is 0. The van der Waals surface area contributed by atoms with E-state index in [1.165, 1.54) is 4.88 Å². The summed E-state index contributed by atoms with van der Waals surface area (Å²) in [5.74, 6) is 0.314.